The third-order valence-electron chi connectivity index (χ3n) is 6.10. The van der Waals surface area contributed by atoms with E-state index in [1.807, 2.05) is 0 Å². The number of hydrogen-bond acceptors (Lipinski definition) is 9. The summed E-state index contributed by atoms with van der Waals surface area (Å²) in [7, 11) is 1.50. The van der Waals surface area contributed by atoms with E-state index in [-0.39, 0.29) is 33.3 Å². The number of halogens is 4. The second-order valence-electron chi connectivity index (χ2n) is 8.71. The van der Waals surface area contributed by atoms with Crippen LogP contribution in [0.1, 0.15) is 27.6 Å². The number of nitrogens with one attached hydrogen (secondary N) is 3. The highest BCUT2D eigenvalue weighted by atomic mass is 32.2. The van der Waals surface area contributed by atoms with Gasteiger partial charge in [0.05, 0.1) is 16.8 Å². The van der Waals surface area contributed by atoms with Crippen LogP contribution in [0.5, 0.6) is 0 Å². The molecule has 1 fully saturated rings. The maximum Gasteiger partial charge on any atom is 0.405 e. The summed E-state index contributed by atoms with van der Waals surface area (Å²) in [6.07, 6.45) is 2.13. The summed E-state index contributed by atoms with van der Waals surface area (Å²) in [6.45, 7) is -0.608. The fourth-order valence-corrected chi connectivity index (χ4v) is 5.45. The Morgan fingerprint density at radius 1 is 1.08 bits per heavy atom. The van der Waals surface area contributed by atoms with Crippen molar-refractivity contribution < 1.29 is 22.4 Å². The SMILES string of the molecule is CNC(=O)c1ccnc2c(C3CC(CNc4cc(-c5cnc(NCC(F)(F)F)nc5)ncn4)S3)ccc(F)c12. The molecular weight excluding hydrogens is 536 g/mol. The average molecular weight is 559 g/mol. The second kappa shape index (κ2) is 11.0. The predicted molar refractivity (Wildman–Crippen MR) is 140 cm³/mol. The lowest BCUT2D eigenvalue weighted by atomic mass is 9.99. The Morgan fingerprint density at radius 2 is 1.85 bits per heavy atom. The van der Waals surface area contributed by atoms with Gasteiger partial charge in [-0.05, 0) is 24.1 Å². The predicted octanol–water partition coefficient (Wildman–Crippen LogP) is 4.61. The van der Waals surface area contributed by atoms with Gasteiger partial charge in [0, 0.05) is 59.7 Å². The molecule has 202 valence electrons. The van der Waals surface area contributed by atoms with Crippen molar-refractivity contribution in [1.29, 1.82) is 0 Å². The minimum Gasteiger partial charge on any atom is -0.369 e. The van der Waals surface area contributed by atoms with E-state index in [2.05, 4.69) is 40.9 Å². The molecule has 2 unspecified atom stereocenters. The second-order valence-corrected chi connectivity index (χ2v) is 10.2. The van der Waals surface area contributed by atoms with Crippen LogP contribution in [0.25, 0.3) is 22.2 Å². The number of amides is 1. The van der Waals surface area contributed by atoms with Crippen molar-refractivity contribution >= 4 is 40.3 Å². The summed E-state index contributed by atoms with van der Waals surface area (Å²) in [5, 5.41) is 8.53. The van der Waals surface area contributed by atoms with E-state index in [0.717, 1.165) is 12.0 Å². The van der Waals surface area contributed by atoms with Crippen molar-refractivity contribution in [3.8, 4) is 11.3 Å². The minimum absolute atomic E-state index is 0.106. The number of pyridine rings is 1. The van der Waals surface area contributed by atoms with E-state index in [4.69, 9.17) is 0 Å². The number of benzene rings is 1. The van der Waals surface area contributed by atoms with Crippen LogP contribution in [0.3, 0.4) is 0 Å². The van der Waals surface area contributed by atoms with Gasteiger partial charge in [-0.1, -0.05) is 6.07 Å². The number of nitrogens with zero attached hydrogens (tertiary/aromatic N) is 5. The lowest BCUT2D eigenvalue weighted by Gasteiger charge is -2.35. The van der Waals surface area contributed by atoms with Gasteiger partial charge in [-0.3, -0.25) is 9.78 Å². The number of fused-ring (bicyclic) bond motifs is 1. The van der Waals surface area contributed by atoms with Gasteiger partial charge in [0.1, 0.15) is 24.5 Å². The van der Waals surface area contributed by atoms with Crippen molar-refractivity contribution in [2.45, 2.75) is 23.1 Å². The van der Waals surface area contributed by atoms with Crippen LogP contribution < -0.4 is 16.0 Å². The summed E-state index contributed by atoms with van der Waals surface area (Å²) >= 11 is 1.72. The smallest absolute Gasteiger partial charge is 0.369 e. The summed E-state index contributed by atoms with van der Waals surface area (Å²) in [4.78, 5) is 32.9. The number of carbonyl (C=O) groups is 1. The van der Waals surface area contributed by atoms with Gasteiger partial charge in [0.15, 0.2) is 0 Å². The van der Waals surface area contributed by atoms with Gasteiger partial charge < -0.3 is 16.0 Å². The number of carbonyl (C=O) groups excluding carboxylic acids is 1. The fourth-order valence-electron chi connectivity index (χ4n) is 4.18. The standard InChI is InChI=1S/C25H22F4N8OS/c1-30-23(38)16-4-5-31-22-15(2-3-17(26)21(16)22)19-6-14(39-19)10-32-20-7-18(36-12-37-20)13-8-33-24(34-9-13)35-11-25(27,28)29/h2-5,7-9,12,14,19H,6,10-11H2,1H3,(H,30,38)(H,32,36,37)(H,33,34,35). The molecule has 2 atom stereocenters. The van der Waals surface area contributed by atoms with Crippen LogP contribution in [-0.4, -0.2) is 62.4 Å². The highest BCUT2D eigenvalue weighted by Gasteiger charge is 2.33. The number of rotatable bonds is 8. The van der Waals surface area contributed by atoms with Gasteiger partial charge in [0.25, 0.3) is 5.91 Å². The molecule has 1 saturated heterocycles. The van der Waals surface area contributed by atoms with Crippen molar-refractivity contribution in [2.75, 3.05) is 30.8 Å². The van der Waals surface area contributed by atoms with E-state index in [9.17, 15) is 22.4 Å². The number of alkyl halides is 3. The summed E-state index contributed by atoms with van der Waals surface area (Å²) < 4.78 is 51.7. The normalized spacial score (nSPS) is 16.9. The largest absolute Gasteiger partial charge is 0.405 e. The van der Waals surface area contributed by atoms with E-state index in [1.54, 1.807) is 23.9 Å². The first-order valence-electron chi connectivity index (χ1n) is 11.9. The highest BCUT2D eigenvalue weighted by Crippen LogP contribution is 2.50. The van der Waals surface area contributed by atoms with E-state index < -0.39 is 18.5 Å². The molecule has 0 radical (unpaired) electrons. The molecule has 1 aromatic carbocycles. The lowest BCUT2D eigenvalue weighted by molar-refractivity contribution is -0.115. The molecule has 0 aliphatic carbocycles. The van der Waals surface area contributed by atoms with Crippen LogP contribution in [0.2, 0.25) is 0 Å². The van der Waals surface area contributed by atoms with E-state index in [1.165, 1.54) is 44.1 Å². The number of aromatic nitrogens is 5. The van der Waals surface area contributed by atoms with Gasteiger partial charge >= 0.3 is 6.18 Å². The van der Waals surface area contributed by atoms with Crippen LogP contribution in [0.15, 0.2) is 49.2 Å². The number of thioether (sulfide) groups is 1. The molecule has 5 rings (SSSR count). The summed E-state index contributed by atoms with van der Waals surface area (Å²) in [6, 6.07) is 6.32. The Balaban J connectivity index is 1.20. The quantitative estimate of drug-likeness (QED) is 0.267. The lowest BCUT2D eigenvalue weighted by Crippen LogP contribution is -2.28. The van der Waals surface area contributed by atoms with Gasteiger partial charge in [-0.15, -0.1) is 11.8 Å². The summed E-state index contributed by atoms with van der Waals surface area (Å²) in [5.41, 5.74) is 2.67. The fraction of sp³-hybridized carbons (Fsp3) is 0.280. The van der Waals surface area contributed by atoms with Crippen molar-refractivity contribution in [3.05, 3.63) is 66.1 Å². The molecule has 0 saturated carbocycles. The number of anilines is 2. The molecular formula is C25H22F4N8OS. The monoisotopic (exact) mass is 558 g/mol. The molecule has 1 aliphatic rings. The summed E-state index contributed by atoms with van der Waals surface area (Å²) in [5.74, 6) is -0.409. The van der Waals surface area contributed by atoms with E-state index >= 15 is 0 Å². The zero-order chi connectivity index (χ0) is 27.6. The Kier molecular flexibility index (Phi) is 7.46. The molecule has 14 heteroatoms. The van der Waals surface area contributed by atoms with Crippen molar-refractivity contribution in [2.24, 2.45) is 0 Å². The molecule has 0 bridgehead atoms. The molecule has 0 spiro atoms. The minimum atomic E-state index is -4.37. The first kappa shape index (κ1) is 26.5. The molecule has 3 N–H and O–H groups in total. The molecule has 9 nitrogen and oxygen atoms in total. The van der Waals surface area contributed by atoms with Crippen LogP contribution in [0, 0.1) is 5.82 Å². The van der Waals surface area contributed by atoms with E-state index in [0.29, 0.717) is 29.1 Å². The van der Waals surface area contributed by atoms with Crippen molar-refractivity contribution in [1.82, 2.24) is 30.2 Å². The molecule has 4 aromatic rings. The average Bonchev–Trinajstić information content (AvgIpc) is 2.91. The maximum atomic E-state index is 14.6. The van der Waals surface area contributed by atoms with Gasteiger partial charge in [-0.25, -0.2) is 24.3 Å². The van der Waals surface area contributed by atoms with Crippen LogP contribution >= 0.6 is 11.8 Å². The Bertz CT molecular complexity index is 1500. The molecule has 3 aromatic heterocycles. The molecule has 1 amide bonds. The Labute approximate surface area is 224 Å². The third-order valence-corrected chi connectivity index (χ3v) is 7.62. The van der Waals surface area contributed by atoms with Crippen LogP contribution in [0.4, 0.5) is 29.3 Å². The zero-order valence-electron chi connectivity index (χ0n) is 20.5. The zero-order valence-corrected chi connectivity index (χ0v) is 21.3. The Morgan fingerprint density at radius 3 is 2.56 bits per heavy atom. The van der Waals surface area contributed by atoms with Crippen LogP contribution in [-0.2, 0) is 0 Å². The Hall–Kier alpha value is -4.07. The third kappa shape index (κ3) is 6.00. The first-order valence-corrected chi connectivity index (χ1v) is 12.8. The van der Waals surface area contributed by atoms with Gasteiger partial charge in [0.2, 0.25) is 5.95 Å². The topological polar surface area (TPSA) is 118 Å². The molecule has 4 heterocycles. The highest BCUT2D eigenvalue weighted by molar-refractivity contribution is 8.01. The van der Waals surface area contributed by atoms with Crippen molar-refractivity contribution in [3.63, 3.8) is 0 Å². The number of hydrogen-bond donors (Lipinski definition) is 3. The maximum absolute atomic E-state index is 14.6. The molecule has 39 heavy (non-hydrogen) atoms. The first-order chi connectivity index (χ1) is 18.7. The van der Waals surface area contributed by atoms with Gasteiger partial charge in [-0.2, -0.15) is 13.2 Å². The molecule has 1 aliphatic heterocycles.